The molecule has 1 atom stereocenters. The second kappa shape index (κ2) is 8.53. The maximum absolute atomic E-state index is 12.4. The van der Waals surface area contributed by atoms with Crippen molar-refractivity contribution in [2.24, 2.45) is 5.92 Å². The lowest BCUT2D eigenvalue weighted by Gasteiger charge is -2.18. The van der Waals surface area contributed by atoms with Crippen LogP contribution in [0.3, 0.4) is 0 Å². The predicted octanol–water partition coefficient (Wildman–Crippen LogP) is 3.18. The number of amides is 2. The van der Waals surface area contributed by atoms with Gasteiger partial charge in [-0.05, 0) is 36.6 Å². The number of nitrogens with zero attached hydrogens (tertiary/aromatic N) is 1. The molecule has 0 spiro atoms. The van der Waals surface area contributed by atoms with Crippen molar-refractivity contribution in [2.45, 2.75) is 32.7 Å². The van der Waals surface area contributed by atoms with Gasteiger partial charge in [-0.1, -0.05) is 26.0 Å². The number of carbonyl (C=O) groups excluding carboxylic acids is 2. The second-order valence-corrected chi connectivity index (χ2v) is 6.87. The van der Waals surface area contributed by atoms with E-state index in [1.165, 1.54) is 6.26 Å². The molecule has 0 aliphatic rings. The number of hydrogen-bond acceptors (Lipinski definition) is 4. The molecule has 3 rings (SSSR count). The van der Waals surface area contributed by atoms with Crippen LogP contribution in [0, 0.1) is 5.92 Å². The third-order valence-corrected chi connectivity index (χ3v) is 4.16. The molecular weight excluding hydrogens is 344 g/mol. The number of fused-ring (bicyclic) bond motifs is 1. The first kappa shape index (κ1) is 18.7. The molecule has 0 unspecified atom stereocenters. The molecular formula is C20H24N4O3. The summed E-state index contributed by atoms with van der Waals surface area (Å²) < 4.78 is 5.02. The number of para-hydroxylation sites is 2. The number of benzene rings is 1. The molecule has 1 aromatic carbocycles. The number of furan rings is 1. The van der Waals surface area contributed by atoms with Gasteiger partial charge < -0.3 is 20.0 Å². The van der Waals surface area contributed by atoms with E-state index in [1.54, 1.807) is 12.1 Å². The fourth-order valence-corrected chi connectivity index (χ4v) is 2.90. The molecule has 0 bridgehead atoms. The minimum Gasteiger partial charge on any atom is -0.459 e. The number of nitrogens with one attached hydrogen (secondary N) is 3. The first-order valence-corrected chi connectivity index (χ1v) is 9.08. The van der Waals surface area contributed by atoms with Crippen LogP contribution in [0.25, 0.3) is 11.0 Å². The van der Waals surface area contributed by atoms with Crippen molar-refractivity contribution >= 4 is 22.8 Å². The Morgan fingerprint density at radius 2 is 2.00 bits per heavy atom. The Labute approximate surface area is 157 Å². The van der Waals surface area contributed by atoms with Gasteiger partial charge in [-0.25, -0.2) is 4.98 Å². The summed E-state index contributed by atoms with van der Waals surface area (Å²) in [5.41, 5.74) is 1.82. The normalized spacial score (nSPS) is 12.3. The van der Waals surface area contributed by atoms with Crippen molar-refractivity contribution in [2.75, 3.05) is 6.54 Å². The fourth-order valence-electron chi connectivity index (χ4n) is 2.90. The highest BCUT2D eigenvalue weighted by molar-refractivity contribution is 5.91. The zero-order valence-electron chi connectivity index (χ0n) is 15.5. The minimum absolute atomic E-state index is 0.138. The van der Waals surface area contributed by atoms with E-state index in [2.05, 4.69) is 34.4 Å². The summed E-state index contributed by atoms with van der Waals surface area (Å²) in [6.07, 6.45) is 2.39. The maximum atomic E-state index is 12.4. The van der Waals surface area contributed by atoms with Gasteiger partial charge in [-0.3, -0.25) is 9.59 Å². The van der Waals surface area contributed by atoms with Gasteiger partial charge in [-0.2, -0.15) is 0 Å². The number of rotatable bonds is 8. The van der Waals surface area contributed by atoms with Gasteiger partial charge in [-0.15, -0.1) is 0 Å². The standard InChI is InChI=1S/C20H24N4O3/c1-13(2)12-16(19-23-14-6-3-4-7-15(14)24-19)22-18(25)9-10-21-20(26)17-8-5-11-27-17/h3-8,11,13,16H,9-10,12H2,1-2H3,(H,21,26)(H,22,25)(H,23,24)/t16-/m0/s1. The highest BCUT2D eigenvalue weighted by Gasteiger charge is 2.20. The molecule has 2 amide bonds. The summed E-state index contributed by atoms with van der Waals surface area (Å²) in [7, 11) is 0. The average molecular weight is 368 g/mol. The average Bonchev–Trinajstić information content (AvgIpc) is 3.30. The zero-order valence-corrected chi connectivity index (χ0v) is 15.5. The Morgan fingerprint density at radius 3 is 2.70 bits per heavy atom. The van der Waals surface area contributed by atoms with Crippen molar-refractivity contribution in [1.82, 2.24) is 20.6 Å². The molecule has 2 heterocycles. The van der Waals surface area contributed by atoms with E-state index in [-0.39, 0.29) is 36.6 Å². The topological polar surface area (TPSA) is 100 Å². The van der Waals surface area contributed by atoms with Crippen LogP contribution >= 0.6 is 0 Å². The van der Waals surface area contributed by atoms with Gasteiger partial charge >= 0.3 is 0 Å². The first-order chi connectivity index (χ1) is 13.0. The van der Waals surface area contributed by atoms with E-state index in [4.69, 9.17) is 4.42 Å². The molecule has 0 saturated heterocycles. The summed E-state index contributed by atoms with van der Waals surface area (Å²) in [5, 5.41) is 5.70. The molecule has 0 saturated carbocycles. The van der Waals surface area contributed by atoms with E-state index in [1.807, 2.05) is 24.3 Å². The fraction of sp³-hybridized carbons (Fsp3) is 0.350. The molecule has 2 aromatic heterocycles. The van der Waals surface area contributed by atoms with Crippen LogP contribution in [0.5, 0.6) is 0 Å². The molecule has 0 radical (unpaired) electrons. The molecule has 142 valence electrons. The summed E-state index contributed by atoms with van der Waals surface area (Å²) in [5.74, 6) is 0.903. The van der Waals surface area contributed by atoms with Crippen LogP contribution < -0.4 is 10.6 Å². The SMILES string of the molecule is CC(C)C[C@H](NC(=O)CCNC(=O)c1ccco1)c1nc2ccccc2[nH]1. The molecule has 7 heteroatoms. The van der Waals surface area contributed by atoms with Crippen molar-refractivity contribution in [3.63, 3.8) is 0 Å². The van der Waals surface area contributed by atoms with Gasteiger partial charge in [0.25, 0.3) is 5.91 Å². The van der Waals surface area contributed by atoms with Crippen molar-refractivity contribution in [3.05, 3.63) is 54.2 Å². The third kappa shape index (κ3) is 4.97. The Balaban J connectivity index is 1.58. The summed E-state index contributed by atoms with van der Waals surface area (Å²) in [6.45, 7) is 4.44. The van der Waals surface area contributed by atoms with Crippen molar-refractivity contribution in [3.8, 4) is 0 Å². The molecule has 3 N–H and O–H groups in total. The van der Waals surface area contributed by atoms with Gasteiger partial charge in [0.05, 0.1) is 23.3 Å². The van der Waals surface area contributed by atoms with E-state index in [9.17, 15) is 9.59 Å². The largest absolute Gasteiger partial charge is 0.459 e. The van der Waals surface area contributed by atoms with Crippen molar-refractivity contribution in [1.29, 1.82) is 0 Å². The van der Waals surface area contributed by atoms with Crippen LogP contribution in [0.4, 0.5) is 0 Å². The van der Waals surface area contributed by atoms with Gasteiger partial charge in [0, 0.05) is 13.0 Å². The lowest BCUT2D eigenvalue weighted by atomic mass is 10.0. The number of carbonyl (C=O) groups is 2. The van der Waals surface area contributed by atoms with Crippen LogP contribution in [0.15, 0.2) is 47.1 Å². The van der Waals surface area contributed by atoms with E-state index in [0.29, 0.717) is 5.92 Å². The minimum atomic E-state index is -0.330. The van der Waals surface area contributed by atoms with Crippen LogP contribution in [-0.2, 0) is 4.79 Å². The van der Waals surface area contributed by atoms with Crippen LogP contribution in [0.1, 0.15) is 49.1 Å². The summed E-state index contributed by atoms with van der Waals surface area (Å²) >= 11 is 0. The Bertz CT molecular complexity index is 866. The van der Waals surface area contributed by atoms with Gasteiger partial charge in [0.2, 0.25) is 5.91 Å². The number of aromatic nitrogens is 2. The smallest absolute Gasteiger partial charge is 0.286 e. The highest BCUT2D eigenvalue weighted by Crippen LogP contribution is 2.22. The van der Waals surface area contributed by atoms with E-state index < -0.39 is 0 Å². The molecule has 7 nitrogen and oxygen atoms in total. The quantitative estimate of drug-likeness (QED) is 0.568. The van der Waals surface area contributed by atoms with Crippen molar-refractivity contribution < 1.29 is 14.0 Å². The molecule has 0 aliphatic heterocycles. The molecule has 0 aliphatic carbocycles. The number of imidazole rings is 1. The van der Waals surface area contributed by atoms with E-state index >= 15 is 0 Å². The molecule has 0 fully saturated rings. The monoisotopic (exact) mass is 368 g/mol. The van der Waals surface area contributed by atoms with Gasteiger partial charge in [0.15, 0.2) is 5.76 Å². The molecule has 3 aromatic rings. The number of H-pyrrole nitrogens is 1. The first-order valence-electron chi connectivity index (χ1n) is 9.08. The molecule has 27 heavy (non-hydrogen) atoms. The van der Waals surface area contributed by atoms with Gasteiger partial charge in [0.1, 0.15) is 5.82 Å². The third-order valence-electron chi connectivity index (χ3n) is 4.16. The maximum Gasteiger partial charge on any atom is 0.286 e. The lowest BCUT2D eigenvalue weighted by molar-refractivity contribution is -0.121. The number of aromatic amines is 1. The second-order valence-electron chi connectivity index (χ2n) is 6.87. The van der Waals surface area contributed by atoms with Crippen LogP contribution in [0.2, 0.25) is 0 Å². The Kier molecular flexibility index (Phi) is 5.90. The Morgan fingerprint density at radius 1 is 1.19 bits per heavy atom. The number of hydrogen-bond donors (Lipinski definition) is 3. The predicted molar refractivity (Wildman–Crippen MR) is 102 cm³/mol. The summed E-state index contributed by atoms with van der Waals surface area (Å²) in [4.78, 5) is 32.1. The lowest BCUT2D eigenvalue weighted by Crippen LogP contribution is -2.33. The highest BCUT2D eigenvalue weighted by atomic mass is 16.3. The van der Waals surface area contributed by atoms with E-state index in [0.717, 1.165) is 23.3 Å². The zero-order chi connectivity index (χ0) is 19.2. The van der Waals surface area contributed by atoms with Crippen LogP contribution in [-0.4, -0.2) is 28.3 Å². The Hall–Kier alpha value is -3.09. The summed E-state index contributed by atoms with van der Waals surface area (Å²) in [6, 6.07) is 10.8.